The van der Waals surface area contributed by atoms with E-state index in [1.807, 2.05) is 0 Å². The minimum atomic E-state index is 0.579. The molecule has 0 saturated carbocycles. The molecule has 0 saturated heterocycles. The Labute approximate surface area is 89.0 Å². The summed E-state index contributed by atoms with van der Waals surface area (Å²) in [7, 11) is 3.24. The van der Waals surface area contributed by atoms with Gasteiger partial charge in [-0.25, -0.2) is 0 Å². The first kappa shape index (κ1) is 10.0. The highest BCUT2D eigenvalue weighted by Crippen LogP contribution is 2.39. The van der Waals surface area contributed by atoms with Crippen LogP contribution in [0.4, 0.5) is 0 Å². The summed E-state index contributed by atoms with van der Waals surface area (Å²) in [5.41, 5.74) is 2.91. The monoisotopic (exact) mass is 206 g/mol. The van der Waals surface area contributed by atoms with Crippen LogP contribution in [0, 0.1) is 0 Å². The lowest BCUT2D eigenvalue weighted by atomic mass is 10.0. The van der Waals surface area contributed by atoms with Crippen molar-refractivity contribution in [2.24, 2.45) is 0 Å². The van der Waals surface area contributed by atoms with E-state index < -0.39 is 0 Å². The van der Waals surface area contributed by atoms with Gasteiger partial charge in [-0.2, -0.15) is 0 Å². The predicted octanol–water partition coefficient (Wildman–Crippen LogP) is 2.00. The number of carbonyl (C=O) groups excluding carboxylic acids is 1. The van der Waals surface area contributed by atoms with Crippen LogP contribution in [0.3, 0.4) is 0 Å². The van der Waals surface area contributed by atoms with Crippen molar-refractivity contribution in [3.05, 3.63) is 22.8 Å². The fourth-order valence-corrected chi connectivity index (χ4v) is 2.25. The lowest BCUT2D eigenvalue weighted by Crippen LogP contribution is -1.99. The topological polar surface area (TPSA) is 35.5 Å². The van der Waals surface area contributed by atoms with E-state index in [0.29, 0.717) is 5.56 Å². The Morgan fingerprint density at radius 2 is 1.93 bits per heavy atom. The average molecular weight is 206 g/mol. The zero-order valence-electron chi connectivity index (χ0n) is 9.00. The molecule has 0 atom stereocenters. The third kappa shape index (κ3) is 1.48. The van der Waals surface area contributed by atoms with E-state index in [1.165, 1.54) is 5.56 Å². The smallest absolute Gasteiger partial charge is 0.153 e. The first-order valence-corrected chi connectivity index (χ1v) is 5.03. The molecule has 0 N–H and O–H groups in total. The van der Waals surface area contributed by atoms with E-state index in [-0.39, 0.29) is 0 Å². The molecule has 1 aliphatic rings. The molecule has 0 unspecified atom stereocenters. The molecule has 1 aromatic rings. The molecule has 1 aliphatic carbocycles. The third-order valence-electron chi connectivity index (χ3n) is 2.89. The van der Waals surface area contributed by atoms with Gasteiger partial charge in [-0.15, -0.1) is 0 Å². The maximum Gasteiger partial charge on any atom is 0.153 e. The van der Waals surface area contributed by atoms with Gasteiger partial charge in [-0.1, -0.05) is 0 Å². The molecule has 80 valence electrons. The molecule has 1 aromatic carbocycles. The van der Waals surface area contributed by atoms with E-state index in [4.69, 9.17) is 9.47 Å². The second-order valence-corrected chi connectivity index (χ2v) is 3.63. The number of aldehydes is 1. The number of fused-ring (bicyclic) bond motifs is 1. The molecule has 3 heteroatoms. The van der Waals surface area contributed by atoms with Gasteiger partial charge >= 0.3 is 0 Å². The van der Waals surface area contributed by atoms with Gasteiger partial charge in [-0.05, 0) is 25.3 Å². The summed E-state index contributed by atoms with van der Waals surface area (Å²) in [6.07, 6.45) is 3.90. The molecule has 0 fully saturated rings. The van der Waals surface area contributed by atoms with Gasteiger partial charge in [0.15, 0.2) is 6.29 Å². The van der Waals surface area contributed by atoms with Gasteiger partial charge in [0.25, 0.3) is 0 Å². The van der Waals surface area contributed by atoms with Crippen LogP contribution in [0.1, 0.15) is 27.9 Å². The fourth-order valence-electron chi connectivity index (χ4n) is 2.25. The number of carbonyl (C=O) groups is 1. The minimum Gasteiger partial charge on any atom is -0.496 e. The van der Waals surface area contributed by atoms with Crippen molar-refractivity contribution in [3.63, 3.8) is 0 Å². The maximum atomic E-state index is 10.9. The van der Waals surface area contributed by atoms with Crippen LogP contribution in [0.2, 0.25) is 0 Å². The quantitative estimate of drug-likeness (QED) is 0.709. The van der Waals surface area contributed by atoms with Crippen LogP contribution < -0.4 is 9.47 Å². The lowest BCUT2D eigenvalue weighted by Gasteiger charge is -2.13. The molecule has 0 amide bonds. The molecule has 0 aliphatic heterocycles. The van der Waals surface area contributed by atoms with Gasteiger partial charge in [0, 0.05) is 11.1 Å². The lowest BCUT2D eigenvalue weighted by molar-refractivity contribution is 0.112. The molecule has 15 heavy (non-hydrogen) atoms. The van der Waals surface area contributed by atoms with Crippen molar-refractivity contribution in [2.45, 2.75) is 19.3 Å². The number of methoxy groups -OCH3 is 2. The Bertz CT molecular complexity index is 396. The van der Waals surface area contributed by atoms with Crippen molar-refractivity contribution >= 4 is 6.29 Å². The summed E-state index contributed by atoms with van der Waals surface area (Å²) < 4.78 is 10.6. The van der Waals surface area contributed by atoms with Gasteiger partial charge < -0.3 is 9.47 Å². The van der Waals surface area contributed by atoms with Crippen LogP contribution in [-0.2, 0) is 12.8 Å². The van der Waals surface area contributed by atoms with E-state index in [0.717, 1.165) is 42.6 Å². The summed E-state index contributed by atoms with van der Waals surface area (Å²) in [6.45, 7) is 0. The summed E-state index contributed by atoms with van der Waals surface area (Å²) in [4.78, 5) is 10.9. The van der Waals surface area contributed by atoms with Crippen LogP contribution in [0.15, 0.2) is 6.07 Å². The second-order valence-electron chi connectivity index (χ2n) is 3.63. The molecular weight excluding hydrogens is 192 g/mol. The Morgan fingerprint density at radius 3 is 2.53 bits per heavy atom. The molecule has 3 nitrogen and oxygen atoms in total. The number of hydrogen-bond acceptors (Lipinski definition) is 3. The number of rotatable bonds is 3. The summed E-state index contributed by atoms with van der Waals surface area (Å²) in [6, 6.07) is 1.76. The van der Waals surface area contributed by atoms with Gasteiger partial charge in [0.1, 0.15) is 11.5 Å². The highest BCUT2D eigenvalue weighted by Gasteiger charge is 2.22. The standard InChI is InChI=1S/C12H14O3/c1-14-11-6-8(7-13)12(15-2)10-5-3-4-9(10)11/h6-7H,3-5H2,1-2H3. The molecule has 0 bridgehead atoms. The molecule has 0 aromatic heterocycles. The molecule has 0 spiro atoms. The van der Waals surface area contributed by atoms with E-state index >= 15 is 0 Å². The summed E-state index contributed by atoms with van der Waals surface area (Å²) in [5, 5.41) is 0. The van der Waals surface area contributed by atoms with Crippen molar-refractivity contribution in [1.82, 2.24) is 0 Å². The normalized spacial score (nSPS) is 13.5. The zero-order valence-corrected chi connectivity index (χ0v) is 9.00. The Kier molecular flexibility index (Phi) is 2.62. The van der Waals surface area contributed by atoms with E-state index in [2.05, 4.69) is 0 Å². The molecule has 0 radical (unpaired) electrons. The van der Waals surface area contributed by atoms with E-state index in [1.54, 1.807) is 20.3 Å². The van der Waals surface area contributed by atoms with Crippen LogP contribution in [0.25, 0.3) is 0 Å². The largest absolute Gasteiger partial charge is 0.496 e. The van der Waals surface area contributed by atoms with Crippen molar-refractivity contribution in [2.75, 3.05) is 14.2 Å². The second kappa shape index (κ2) is 3.93. The first-order chi connectivity index (χ1) is 7.31. The molecule has 2 rings (SSSR count). The van der Waals surface area contributed by atoms with Crippen molar-refractivity contribution in [1.29, 1.82) is 0 Å². The average Bonchev–Trinajstić information content (AvgIpc) is 2.75. The highest BCUT2D eigenvalue weighted by atomic mass is 16.5. The zero-order chi connectivity index (χ0) is 10.8. The Morgan fingerprint density at radius 1 is 1.20 bits per heavy atom. The Hall–Kier alpha value is -1.51. The molecule has 0 heterocycles. The third-order valence-corrected chi connectivity index (χ3v) is 2.89. The van der Waals surface area contributed by atoms with Gasteiger partial charge in [0.2, 0.25) is 0 Å². The van der Waals surface area contributed by atoms with Crippen LogP contribution in [-0.4, -0.2) is 20.5 Å². The molecular formula is C12H14O3. The first-order valence-electron chi connectivity index (χ1n) is 5.03. The van der Waals surface area contributed by atoms with Crippen molar-refractivity contribution in [3.8, 4) is 11.5 Å². The predicted molar refractivity (Wildman–Crippen MR) is 57.0 cm³/mol. The highest BCUT2D eigenvalue weighted by molar-refractivity contribution is 5.82. The fraction of sp³-hybridized carbons (Fsp3) is 0.417. The van der Waals surface area contributed by atoms with Gasteiger partial charge in [0.05, 0.1) is 19.8 Å². The number of ether oxygens (including phenoxy) is 2. The van der Waals surface area contributed by atoms with Gasteiger partial charge in [-0.3, -0.25) is 4.79 Å². The summed E-state index contributed by atoms with van der Waals surface area (Å²) in [5.74, 6) is 1.53. The van der Waals surface area contributed by atoms with Crippen LogP contribution >= 0.6 is 0 Å². The number of benzene rings is 1. The minimum absolute atomic E-state index is 0.579. The number of hydrogen-bond donors (Lipinski definition) is 0. The van der Waals surface area contributed by atoms with E-state index in [9.17, 15) is 4.79 Å². The maximum absolute atomic E-state index is 10.9. The van der Waals surface area contributed by atoms with Crippen molar-refractivity contribution < 1.29 is 14.3 Å². The summed E-state index contributed by atoms with van der Waals surface area (Å²) >= 11 is 0. The SMILES string of the molecule is COc1cc(C=O)c(OC)c2c1CCC2. The Balaban J connectivity index is 2.65. The van der Waals surface area contributed by atoms with Crippen LogP contribution in [0.5, 0.6) is 11.5 Å².